The lowest BCUT2D eigenvalue weighted by Crippen LogP contribution is -2.23. The number of hydrogen-bond acceptors (Lipinski definition) is 10. The number of amides is 1. The Morgan fingerprint density at radius 3 is 2.61 bits per heavy atom. The monoisotopic (exact) mass is 484 g/mol. The van der Waals surface area contributed by atoms with E-state index in [1.807, 2.05) is 30.3 Å². The quantitative estimate of drug-likeness (QED) is 0.438. The van der Waals surface area contributed by atoms with Gasteiger partial charge < -0.3 is 19.2 Å². The van der Waals surface area contributed by atoms with E-state index in [1.54, 1.807) is 23.6 Å². The number of hydrogen-bond donors (Lipinski definition) is 1. The lowest BCUT2D eigenvalue weighted by Gasteiger charge is -2.18. The number of aromatic nitrogens is 3. The van der Waals surface area contributed by atoms with E-state index in [4.69, 9.17) is 13.9 Å². The third-order valence-electron chi connectivity index (χ3n) is 4.60. The highest BCUT2D eigenvalue weighted by molar-refractivity contribution is 7.91. The number of rotatable bonds is 6. The smallest absolute Gasteiger partial charge is 0.336 e. The molecule has 33 heavy (non-hydrogen) atoms. The van der Waals surface area contributed by atoms with Gasteiger partial charge in [-0.25, -0.2) is 13.4 Å². The van der Waals surface area contributed by atoms with Gasteiger partial charge in [0.15, 0.2) is 16.6 Å². The molecule has 5 rings (SSSR count). The molecule has 2 aromatic carbocycles. The van der Waals surface area contributed by atoms with Gasteiger partial charge in [0.05, 0.1) is 5.69 Å². The fourth-order valence-corrected chi connectivity index (χ4v) is 4.74. The summed E-state index contributed by atoms with van der Waals surface area (Å²) in [7, 11) is -4.16. The summed E-state index contributed by atoms with van der Waals surface area (Å²) in [6.07, 6.45) is 0. The summed E-state index contributed by atoms with van der Waals surface area (Å²) >= 11 is 1.20. The predicted molar refractivity (Wildman–Crippen MR) is 119 cm³/mol. The average Bonchev–Trinajstić information content (AvgIpc) is 3.50. The van der Waals surface area contributed by atoms with Crippen LogP contribution >= 0.6 is 11.3 Å². The normalized spacial score (nSPS) is 13.0. The van der Waals surface area contributed by atoms with Crippen LogP contribution in [-0.4, -0.2) is 48.5 Å². The Bertz CT molecular complexity index is 1420. The van der Waals surface area contributed by atoms with E-state index in [0.29, 0.717) is 36.0 Å². The fraction of sp³-hybridized carbons (Fsp3) is 0.143. The van der Waals surface area contributed by atoms with Gasteiger partial charge in [0.2, 0.25) is 21.6 Å². The summed E-state index contributed by atoms with van der Waals surface area (Å²) in [6, 6.07) is 14.4. The van der Waals surface area contributed by atoms with Crippen LogP contribution in [-0.2, 0) is 14.6 Å². The summed E-state index contributed by atoms with van der Waals surface area (Å²) in [6.45, 7) is 0.854. The first-order chi connectivity index (χ1) is 16.0. The number of ether oxygens (including phenoxy) is 2. The van der Waals surface area contributed by atoms with Gasteiger partial charge in [-0.05, 0) is 18.2 Å². The van der Waals surface area contributed by atoms with Crippen molar-refractivity contribution in [2.75, 3.05) is 24.3 Å². The minimum absolute atomic E-state index is 0.0154. The topological polar surface area (TPSA) is 134 Å². The van der Waals surface area contributed by atoms with Crippen LogP contribution in [0.4, 0.5) is 5.13 Å². The average molecular weight is 485 g/mol. The molecule has 0 aliphatic carbocycles. The van der Waals surface area contributed by atoms with Gasteiger partial charge in [0, 0.05) is 16.5 Å². The number of nitrogens with one attached hydrogen (secondary N) is 1. The van der Waals surface area contributed by atoms with Crippen molar-refractivity contribution in [2.24, 2.45) is 0 Å². The Morgan fingerprint density at radius 1 is 1.00 bits per heavy atom. The summed E-state index contributed by atoms with van der Waals surface area (Å²) in [4.78, 5) is 16.7. The van der Waals surface area contributed by atoms with Crippen LogP contribution < -0.4 is 14.8 Å². The standard InChI is InChI=1S/C21H16N4O6S2/c26-18(23-20-22-15(11-32-20)13-4-2-1-3-5-13)12-33(27,28)21-25-24-19(31-21)14-6-7-16-17(10-14)30-9-8-29-16/h1-7,10-11H,8-9,12H2,(H,22,23,26). The Kier molecular flexibility index (Phi) is 5.52. The van der Waals surface area contributed by atoms with Crippen molar-refractivity contribution in [1.82, 2.24) is 15.2 Å². The first-order valence-electron chi connectivity index (χ1n) is 9.75. The van der Waals surface area contributed by atoms with Crippen molar-refractivity contribution < 1.29 is 27.1 Å². The van der Waals surface area contributed by atoms with Gasteiger partial charge in [0.1, 0.15) is 19.0 Å². The van der Waals surface area contributed by atoms with Crippen LogP contribution in [0.25, 0.3) is 22.7 Å². The van der Waals surface area contributed by atoms with E-state index in [0.717, 1.165) is 5.56 Å². The molecule has 0 saturated heterocycles. The molecule has 12 heteroatoms. The molecular weight excluding hydrogens is 468 g/mol. The van der Waals surface area contributed by atoms with Crippen molar-refractivity contribution in [2.45, 2.75) is 5.22 Å². The van der Waals surface area contributed by atoms with E-state index < -0.39 is 26.7 Å². The van der Waals surface area contributed by atoms with Gasteiger partial charge in [-0.2, -0.15) is 0 Å². The second kappa shape index (κ2) is 8.64. The van der Waals surface area contributed by atoms with Crippen molar-refractivity contribution in [3.8, 4) is 34.2 Å². The second-order valence-corrected chi connectivity index (χ2v) is 9.67. The molecule has 0 radical (unpaired) electrons. The number of carbonyl (C=O) groups is 1. The van der Waals surface area contributed by atoms with Crippen LogP contribution in [0.15, 0.2) is 63.6 Å². The molecular formula is C21H16N4O6S2. The first-order valence-corrected chi connectivity index (χ1v) is 12.3. The van der Waals surface area contributed by atoms with Crippen LogP contribution in [0, 0.1) is 0 Å². The van der Waals surface area contributed by atoms with E-state index >= 15 is 0 Å². The SMILES string of the molecule is O=C(CS(=O)(=O)c1nnc(-c2ccc3c(c2)OCCO3)o1)Nc1nc(-c2ccccc2)cs1. The minimum atomic E-state index is -4.16. The van der Waals surface area contributed by atoms with Gasteiger partial charge in [-0.15, -0.1) is 16.4 Å². The van der Waals surface area contributed by atoms with Gasteiger partial charge in [0.25, 0.3) is 0 Å². The molecule has 3 heterocycles. The molecule has 2 aromatic heterocycles. The van der Waals surface area contributed by atoms with Crippen LogP contribution in [0.1, 0.15) is 0 Å². The number of thiazole rings is 1. The molecule has 1 amide bonds. The van der Waals surface area contributed by atoms with Gasteiger partial charge >= 0.3 is 5.22 Å². The third kappa shape index (κ3) is 4.56. The highest BCUT2D eigenvalue weighted by atomic mass is 32.2. The summed E-state index contributed by atoms with van der Waals surface area (Å²) in [5.74, 6) is -0.567. The van der Waals surface area contributed by atoms with Gasteiger partial charge in [-0.1, -0.05) is 35.4 Å². The maximum atomic E-state index is 12.6. The number of benzene rings is 2. The Balaban J connectivity index is 1.27. The summed E-state index contributed by atoms with van der Waals surface area (Å²) < 4.78 is 41.5. The number of sulfone groups is 1. The molecule has 4 aromatic rings. The molecule has 1 N–H and O–H groups in total. The summed E-state index contributed by atoms with van der Waals surface area (Å²) in [5, 5.41) is 11.3. The Hall–Kier alpha value is -3.77. The molecule has 10 nitrogen and oxygen atoms in total. The zero-order chi connectivity index (χ0) is 22.8. The fourth-order valence-electron chi connectivity index (χ4n) is 3.09. The van der Waals surface area contributed by atoms with Crippen LogP contribution in [0.5, 0.6) is 11.5 Å². The van der Waals surface area contributed by atoms with Crippen LogP contribution in [0.3, 0.4) is 0 Å². The molecule has 1 aliphatic rings. The third-order valence-corrected chi connectivity index (χ3v) is 6.70. The number of nitrogens with zero attached hydrogens (tertiary/aromatic N) is 3. The van der Waals surface area contributed by atoms with Crippen LogP contribution in [0.2, 0.25) is 0 Å². The molecule has 0 fully saturated rings. The number of carbonyl (C=O) groups excluding carboxylic acids is 1. The molecule has 1 aliphatic heterocycles. The van der Waals surface area contributed by atoms with Crippen molar-refractivity contribution in [1.29, 1.82) is 0 Å². The minimum Gasteiger partial charge on any atom is -0.486 e. The lowest BCUT2D eigenvalue weighted by atomic mass is 10.2. The van der Waals surface area contributed by atoms with Crippen molar-refractivity contribution in [3.05, 3.63) is 53.9 Å². The van der Waals surface area contributed by atoms with Crippen molar-refractivity contribution >= 4 is 32.2 Å². The largest absolute Gasteiger partial charge is 0.486 e. The molecule has 0 spiro atoms. The van der Waals surface area contributed by atoms with E-state index in [1.165, 1.54) is 11.3 Å². The highest BCUT2D eigenvalue weighted by Gasteiger charge is 2.27. The number of anilines is 1. The molecule has 168 valence electrons. The van der Waals surface area contributed by atoms with Crippen molar-refractivity contribution in [3.63, 3.8) is 0 Å². The van der Waals surface area contributed by atoms with E-state index in [-0.39, 0.29) is 11.0 Å². The Labute approximate surface area is 192 Å². The maximum Gasteiger partial charge on any atom is 0.336 e. The second-order valence-electron chi connectivity index (χ2n) is 6.94. The van der Waals surface area contributed by atoms with Gasteiger partial charge in [-0.3, -0.25) is 4.79 Å². The summed E-state index contributed by atoms with van der Waals surface area (Å²) in [5.41, 5.74) is 2.04. The Morgan fingerprint density at radius 2 is 1.79 bits per heavy atom. The molecule has 0 bridgehead atoms. The zero-order valence-electron chi connectivity index (χ0n) is 16.9. The number of fused-ring (bicyclic) bond motifs is 1. The molecule has 0 saturated carbocycles. The van der Waals surface area contributed by atoms with E-state index in [2.05, 4.69) is 20.5 Å². The molecule has 0 atom stereocenters. The highest BCUT2D eigenvalue weighted by Crippen LogP contribution is 2.34. The maximum absolute atomic E-state index is 12.6. The molecule has 0 unspecified atom stereocenters. The zero-order valence-corrected chi connectivity index (χ0v) is 18.6. The van der Waals surface area contributed by atoms with E-state index in [9.17, 15) is 13.2 Å². The lowest BCUT2D eigenvalue weighted by molar-refractivity contribution is -0.113. The first kappa shape index (κ1) is 21.1. The predicted octanol–water partition coefficient (Wildman–Crippen LogP) is 3.04.